The number of ether oxygens (including phenoxy) is 2. The minimum absolute atomic E-state index is 0.161. The number of carbonyl (C=O) groups excluding carboxylic acids is 2. The molecule has 2 amide bonds. The van der Waals surface area contributed by atoms with Gasteiger partial charge in [0.1, 0.15) is 17.1 Å². The maximum absolute atomic E-state index is 13.6. The number of benzene rings is 2. The lowest BCUT2D eigenvalue weighted by Crippen LogP contribution is -2.30. The first-order chi connectivity index (χ1) is 27.3. The molecule has 2 saturated heterocycles. The number of nitrogens with one attached hydrogen (secondary N) is 3. The molecule has 0 unspecified atom stereocenters. The molecule has 56 heavy (non-hydrogen) atoms. The molecule has 12 heteroatoms. The van der Waals surface area contributed by atoms with Gasteiger partial charge in [-0.15, -0.1) is 0 Å². The maximum atomic E-state index is 13.6. The predicted molar refractivity (Wildman–Crippen MR) is 219 cm³/mol. The van der Waals surface area contributed by atoms with Gasteiger partial charge in [-0.05, 0) is 112 Å². The summed E-state index contributed by atoms with van der Waals surface area (Å²) in [6.45, 7) is 9.06. The normalized spacial score (nSPS) is 15.5. The fraction of sp³-hybridized carbons (Fsp3) is 0.432. The first kappa shape index (κ1) is 38.9. The molecule has 2 aliphatic rings. The summed E-state index contributed by atoms with van der Waals surface area (Å²) in [5.74, 6) is 0.733. The third kappa shape index (κ3) is 9.03. The van der Waals surface area contributed by atoms with Crippen LogP contribution in [0, 0.1) is 5.92 Å². The Morgan fingerprint density at radius 2 is 1.61 bits per heavy atom. The molecule has 3 N–H and O–H groups in total. The third-order valence-electron chi connectivity index (χ3n) is 11.1. The van der Waals surface area contributed by atoms with E-state index in [-0.39, 0.29) is 42.3 Å². The van der Waals surface area contributed by atoms with Gasteiger partial charge in [-0.1, -0.05) is 43.3 Å². The molecule has 2 aliphatic heterocycles. The van der Waals surface area contributed by atoms with E-state index in [4.69, 9.17) is 14.5 Å². The average Bonchev–Trinajstić information content (AvgIpc) is 3.66. The molecule has 0 spiro atoms. The van der Waals surface area contributed by atoms with Gasteiger partial charge in [-0.2, -0.15) is 5.10 Å². The van der Waals surface area contributed by atoms with Crippen molar-refractivity contribution in [1.82, 2.24) is 35.3 Å². The zero-order chi connectivity index (χ0) is 39.0. The molecule has 0 saturated carbocycles. The Morgan fingerprint density at radius 1 is 0.875 bits per heavy atom. The van der Waals surface area contributed by atoms with Crippen LogP contribution in [0.15, 0.2) is 66.9 Å². The highest BCUT2D eigenvalue weighted by atomic mass is 16.5. The number of nitrogens with zero attached hydrogens (tertiary/aromatic N) is 5. The molecule has 2 fully saturated rings. The van der Waals surface area contributed by atoms with Crippen molar-refractivity contribution in [1.29, 1.82) is 0 Å². The monoisotopic (exact) mass is 758 g/mol. The summed E-state index contributed by atoms with van der Waals surface area (Å²) in [4.78, 5) is 38.8. The topological polar surface area (TPSA) is 136 Å². The van der Waals surface area contributed by atoms with Crippen LogP contribution in [0.5, 0.6) is 5.75 Å². The lowest BCUT2D eigenvalue weighted by molar-refractivity contribution is 0.0904. The van der Waals surface area contributed by atoms with Crippen molar-refractivity contribution in [2.45, 2.75) is 78.0 Å². The summed E-state index contributed by atoms with van der Waals surface area (Å²) in [5.41, 5.74) is 8.24. The van der Waals surface area contributed by atoms with Gasteiger partial charge in [-0.25, -0.2) is 14.6 Å². The summed E-state index contributed by atoms with van der Waals surface area (Å²) in [6, 6.07) is 19.8. The smallest absolute Gasteiger partial charge is 0.270 e. The second-order valence-corrected chi connectivity index (χ2v) is 15.0. The Morgan fingerprint density at radius 3 is 2.32 bits per heavy atom. The van der Waals surface area contributed by atoms with Crippen molar-refractivity contribution in [3.63, 3.8) is 0 Å². The molecular weight excluding hydrogens is 705 g/mol. The molecule has 0 atom stereocenters. The van der Waals surface area contributed by atoms with Gasteiger partial charge < -0.3 is 30.3 Å². The Balaban J connectivity index is 1.02. The summed E-state index contributed by atoms with van der Waals surface area (Å²) in [6.07, 6.45) is 7.83. The minimum Gasteiger partial charge on any atom is -0.496 e. The van der Waals surface area contributed by atoms with E-state index in [0.29, 0.717) is 32.1 Å². The molecule has 5 aromatic rings. The average molecular weight is 759 g/mol. The predicted octanol–water partition coefficient (Wildman–Crippen LogP) is 6.42. The van der Waals surface area contributed by atoms with Crippen molar-refractivity contribution in [3.05, 3.63) is 101 Å². The highest BCUT2D eigenvalue weighted by molar-refractivity contribution is 5.97. The standard InChI is InChI=1S/C44H54N8O4/c1-5-37-35(41(48-33-17-21-56-22-18-33)36-28-47-52(6-2)42(36)50-37)27-46-44(54)39-12-8-11-38(49-39)43(53)45-26-31-13-14-40(55-4)34(25-31)32-10-7-9-30(24-32)23-29-15-19-51(3)20-16-29/h7-14,24-25,28-29,33H,5-6,15-23,26-27H2,1-4H3,(H,45,53)(H,46,54)(H,48,50). The van der Waals surface area contributed by atoms with Crippen LogP contribution in [0.3, 0.4) is 0 Å². The molecule has 5 heterocycles. The summed E-state index contributed by atoms with van der Waals surface area (Å²) in [5, 5.41) is 15.3. The summed E-state index contributed by atoms with van der Waals surface area (Å²) in [7, 11) is 3.88. The maximum Gasteiger partial charge on any atom is 0.270 e. The number of fused-ring (bicyclic) bond motifs is 1. The zero-order valence-corrected chi connectivity index (χ0v) is 33.1. The van der Waals surface area contributed by atoms with Crippen LogP contribution in [0.2, 0.25) is 0 Å². The van der Waals surface area contributed by atoms with Crippen molar-refractivity contribution < 1.29 is 19.1 Å². The highest BCUT2D eigenvalue weighted by Crippen LogP contribution is 2.33. The van der Waals surface area contributed by atoms with Crippen LogP contribution < -0.4 is 20.7 Å². The lowest BCUT2D eigenvalue weighted by Gasteiger charge is -2.29. The minimum atomic E-state index is -0.374. The van der Waals surface area contributed by atoms with E-state index in [1.54, 1.807) is 25.3 Å². The van der Waals surface area contributed by atoms with E-state index in [1.807, 2.05) is 29.9 Å². The number of aromatic nitrogens is 4. The van der Waals surface area contributed by atoms with Gasteiger partial charge in [0.15, 0.2) is 5.65 Å². The van der Waals surface area contributed by atoms with Crippen molar-refractivity contribution in [2.24, 2.45) is 5.92 Å². The second kappa shape index (κ2) is 18.1. The van der Waals surface area contributed by atoms with E-state index >= 15 is 0 Å². The SMILES string of the molecule is CCc1nc2c(cnn2CC)c(NC2CCOCC2)c1CNC(=O)c1cccc(C(=O)NCc2ccc(OC)c(-c3cccc(CC4CCN(C)CC4)c3)c2)n1. The largest absolute Gasteiger partial charge is 0.496 e. The van der Waals surface area contributed by atoms with Crippen LogP contribution in [0.1, 0.15) is 82.9 Å². The molecule has 0 bridgehead atoms. The van der Waals surface area contributed by atoms with E-state index in [9.17, 15) is 9.59 Å². The molecule has 0 aliphatic carbocycles. The number of anilines is 1. The molecule has 294 valence electrons. The Labute approximate surface area is 329 Å². The van der Waals surface area contributed by atoms with Gasteiger partial charge in [0, 0.05) is 55.7 Å². The lowest BCUT2D eigenvalue weighted by atomic mass is 9.89. The molecule has 2 aromatic carbocycles. The number of hydrogen-bond acceptors (Lipinski definition) is 9. The van der Waals surface area contributed by atoms with Crippen LogP contribution in [-0.2, 0) is 37.2 Å². The molecular formula is C44H54N8O4. The van der Waals surface area contributed by atoms with Gasteiger partial charge in [0.25, 0.3) is 11.8 Å². The number of hydrogen-bond donors (Lipinski definition) is 3. The number of rotatable bonds is 14. The number of pyridine rings is 2. The second-order valence-electron chi connectivity index (χ2n) is 15.0. The number of methoxy groups -OCH3 is 1. The van der Waals surface area contributed by atoms with Crippen LogP contribution in [0.4, 0.5) is 5.69 Å². The molecule has 7 rings (SSSR count). The van der Waals surface area contributed by atoms with Gasteiger partial charge in [-0.3, -0.25) is 9.59 Å². The zero-order valence-electron chi connectivity index (χ0n) is 33.1. The number of piperidine rings is 1. The Kier molecular flexibility index (Phi) is 12.6. The van der Waals surface area contributed by atoms with Crippen LogP contribution in [-0.4, -0.2) is 83.0 Å². The number of likely N-dealkylation sites (tertiary alicyclic amines) is 1. The summed E-state index contributed by atoms with van der Waals surface area (Å²) < 4.78 is 13.3. The van der Waals surface area contributed by atoms with Crippen LogP contribution in [0.25, 0.3) is 22.2 Å². The van der Waals surface area contributed by atoms with Crippen LogP contribution >= 0.6 is 0 Å². The highest BCUT2D eigenvalue weighted by Gasteiger charge is 2.23. The first-order valence-electron chi connectivity index (χ1n) is 20.0. The third-order valence-corrected chi connectivity index (χ3v) is 11.1. The molecule has 0 radical (unpaired) electrons. The van der Waals surface area contributed by atoms with Gasteiger partial charge in [0.05, 0.1) is 24.4 Å². The van der Waals surface area contributed by atoms with Crippen molar-refractivity contribution >= 4 is 28.5 Å². The van der Waals surface area contributed by atoms with Crippen molar-refractivity contribution in [3.8, 4) is 16.9 Å². The van der Waals surface area contributed by atoms with E-state index in [0.717, 1.165) is 82.8 Å². The summed E-state index contributed by atoms with van der Waals surface area (Å²) >= 11 is 0. The van der Waals surface area contributed by atoms with Gasteiger partial charge in [0.2, 0.25) is 0 Å². The first-order valence-corrected chi connectivity index (χ1v) is 20.0. The number of aryl methyl sites for hydroxylation is 2. The fourth-order valence-corrected chi connectivity index (χ4v) is 7.88. The Hall–Kier alpha value is -5.33. The molecule has 12 nitrogen and oxygen atoms in total. The van der Waals surface area contributed by atoms with E-state index in [2.05, 4.69) is 75.2 Å². The van der Waals surface area contributed by atoms with Crippen molar-refractivity contribution in [2.75, 3.05) is 45.8 Å². The van der Waals surface area contributed by atoms with E-state index in [1.165, 1.54) is 18.4 Å². The van der Waals surface area contributed by atoms with E-state index < -0.39 is 0 Å². The number of carbonyl (C=O) groups is 2. The Bertz CT molecular complexity index is 2150. The fourth-order valence-electron chi connectivity index (χ4n) is 7.88. The molecule has 3 aromatic heterocycles. The quantitative estimate of drug-likeness (QED) is 0.117. The number of amides is 2. The van der Waals surface area contributed by atoms with Gasteiger partial charge >= 0.3 is 0 Å².